The van der Waals surface area contributed by atoms with E-state index in [4.69, 9.17) is 5.11 Å². The molecule has 0 bridgehead atoms. The molecule has 1 nitrogen and oxygen atoms in total. The second kappa shape index (κ2) is 3.43. The van der Waals surface area contributed by atoms with Crippen LogP contribution in [-0.4, -0.2) is 17.4 Å². The maximum atomic E-state index is 11.8. The summed E-state index contributed by atoms with van der Waals surface area (Å²) >= 11 is 0. The first-order valence-electron chi connectivity index (χ1n) is 3.51. The van der Waals surface area contributed by atoms with Crippen molar-refractivity contribution in [2.45, 2.75) is 33.1 Å². The van der Waals surface area contributed by atoms with E-state index in [9.17, 15) is 13.2 Å². The highest BCUT2D eigenvalue weighted by molar-refractivity contribution is 4.73. The van der Waals surface area contributed by atoms with Crippen LogP contribution in [0.25, 0.3) is 0 Å². The van der Waals surface area contributed by atoms with Crippen LogP contribution in [-0.2, 0) is 0 Å². The molecule has 11 heavy (non-hydrogen) atoms. The van der Waals surface area contributed by atoms with Gasteiger partial charge in [-0.1, -0.05) is 20.8 Å². The molecule has 0 fully saturated rings. The van der Waals surface area contributed by atoms with Gasteiger partial charge in [0.25, 0.3) is 0 Å². The van der Waals surface area contributed by atoms with Crippen molar-refractivity contribution >= 4 is 0 Å². The topological polar surface area (TPSA) is 20.2 Å². The normalized spacial score (nSPS) is 18.5. The molecular weight excluding hydrogens is 157 g/mol. The van der Waals surface area contributed by atoms with Gasteiger partial charge in [0.1, 0.15) is 0 Å². The van der Waals surface area contributed by atoms with Crippen molar-refractivity contribution in [3.05, 3.63) is 0 Å². The summed E-state index contributed by atoms with van der Waals surface area (Å²) in [4.78, 5) is 0. The van der Waals surface area contributed by atoms with E-state index in [-0.39, 0.29) is 5.92 Å². The van der Waals surface area contributed by atoms with Crippen LogP contribution >= 0.6 is 0 Å². The molecule has 0 aliphatic heterocycles. The second-order valence-electron chi connectivity index (χ2n) is 3.09. The Morgan fingerprint density at radius 1 is 1.09 bits per heavy atom. The lowest BCUT2D eigenvalue weighted by molar-refractivity contribution is -0.221. The lowest BCUT2D eigenvalue weighted by Crippen LogP contribution is -2.36. The molecule has 0 saturated heterocycles. The highest BCUT2D eigenvalue weighted by Crippen LogP contribution is 2.28. The number of aliphatic hydroxyl groups is 1. The molecule has 0 unspecified atom stereocenters. The number of rotatable bonds is 2. The summed E-state index contributed by atoms with van der Waals surface area (Å²) in [6.07, 6.45) is -6.67. The molecule has 4 heteroatoms. The zero-order valence-corrected chi connectivity index (χ0v) is 6.81. The first-order chi connectivity index (χ1) is 4.76. The van der Waals surface area contributed by atoms with Crippen molar-refractivity contribution in [2.24, 2.45) is 11.8 Å². The van der Waals surface area contributed by atoms with Gasteiger partial charge in [-0.15, -0.1) is 0 Å². The number of hydrogen-bond donors (Lipinski definition) is 1. The van der Waals surface area contributed by atoms with Gasteiger partial charge in [-0.25, -0.2) is 0 Å². The van der Waals surface area contributed by atoms with Crippen LogP contribution in [0.15, 0.2) is 0 Å². The summed E-state index contributed by atoms with van der Waals surface area (Å²) in [6.45, 7) is 4.70. The van der Waals surface area contributed by atoms with Crippen molar-refractivity contribution in [3.63, 3.8) is 0 Å². The van der Waals surface area contributed by atoms with Crippen LogP contribution in [0.2, 0.25) is 0 Å². The molecule has 2 atom stereocenters. The summed E-state index contributed by atoms with van der Waals surface area (Å²) in [5, 5.41) is 8.70. The van der Waals surface area contributed by atoms with Crippen LogP contribution in [0.5, 0.6) is 0 Å². The number of aliphatic hydroxyl groups excluding tert-OH is 1. The molecule has 0 radical (unpaired) electrons. The molecule has 0 aliphatic carbocycles. The van der Waals surface area contributed by atoms with Gasteiger partial charge in [0.05, 0.1) is 0 Å². The van der Waals surface area contributed by atoms with Crippen LogP contribution in [0, 0.1) is 11.8 Å². The smallest absolute Gasteiger partial charge is 0.383 e. The third-order valence-corrected chi connectivity index (χ3v) is 1.88. The van der Waals surface area contributed by atoms with Crippen molar-refractivity contribution in [1.29, 1.82) is 0 Å². The molecule has 0 aromatic heterocycles. The summed E-state index contributed by atoms with van der Waals surface area (Å²) in [5.41, 5.74) is 0. The minimum Gasteiger partial charge on any atom is -0.383 e. The number of hydrogen-bond acceptors (Lipinski definition) is 1. The third kappa shape index (κ3) is 3.10. The first-order valence-corrected chi connectivity index (χ1v) is 3.51. The Labute approximate surface area is 64.2 Å². The van der Waals surface area contributed by atoms with Crippen LogP contribution < -0.4 is 0 Å². The molecular formula is C7H13F3O. The predicted octanol–water partition coefficient (Wildman–Crippen LogP) is 2.20. The van der Waals surface area contributed by atoms with E-state index in [1.165, 1.54) is 6.92 Å². The first kappa shape index (κ1) is 10.8. The van der Waals surface area contributed by atoms with Crippen molar-refractivity contribution < 1.29 is 18.3 Å². The lowest BCUT2D eigenvalue weighted by Gasteiger charge is -2.23. The molecule has 68 valence electrons. The second-order valence-corrected chi connectivity index (χ2v) is 3.09. The predicted molar refractivity (Wildman–Crippen MR) is 36.1 cm³/mol. The molecule has 0 spiro atoms. The molecule has 0 rings (SSSR count). The third-order valence-electron chi connectivity index (χ3n) is 1.88. The Morgan fingerprint density at radius 2 is 1.45 bits per heavy atom. The van der Waals surface area contributed by atoms with Crippen LogP contribution in [0.3, 0.4) is 0 Å². The SMILES string of the molecule is CC(C)[C@@H](C)[C@H](O)C(F)(F)F. The van der Waals surface area contributed by atoms with E-state index in [0.29, 0.717) is 0 Å². The quantitative estimate of drug-likeness (QED) is 0.673. The highest BCUT2D eigenvalue weighted by Gasteiger charge is 2.42. The Balaban J connectivity index is 4.13. The van der Waals surface area contributed by atoms with Gasteiger partial charge in [0, 0.05) is 0 Å². The summed E-state index contributed by atoms with van der Waals surface area (Å²) in [7, 11) is 0. The maximum Gasteiger partial charge on any atom is 0.414 e. The van der Waals surface area contributed by atoms with E-state index in [2.05, 4.69) is 0 Å². The summed E-state index contributed by atoms with van der Waals surface area (Å²) in [6, 6.07) is 0. The number of alkyl halides is 3. The Hall–Kier alpha value is -0.250. The van der Waals surface area contributed by atoms with E-state index >= 15 is 0 Å². The Kier molecular flexibility index (Phi) is 3.35. The maximum absolute atomic E-state index is 11.8. The van der Waals surface area contributed by atoms with Gasteiger partial charge in [0.15, 0.2) is 6.10 Å². The van der Waals surface area contributed by atoms with Crippen molar-refractivity contribution in [1.82, 2.24) is 0 Å². The van der Waals surface area contributed by atoms with E-state index in [0.717, 1.165) is 0 Å². The molecule has 0 aliphatic rings. The van der Waals surface area contributed by atoms with E-state index in [1.807, 2.05) is 0 Å². The largest absolute Gasteiger partial charge is 0.414 e. The molecule has 0 aromatic carbocycles. The molecule has 0 aromatic rings. The van der Waals surface area contributed by atoms with Gasteiger partial charge in [-0.3, -0.25) is 0 Å². The van der Waals surface area contributed by atoms with Gasteiger partial charge < -0.3 is 5.11 Å². The fourth-order valence-corrected chi connectivity index (χ4v) is 0.663. The number of halogens is 3. The van der Waals surface area contributed by atoms with Crippen molar-refractivity contribution in [3.8, 4) is 0 Å². The fourth-order valence-electron chi connectivity index (χ4n) is 0.663. The van der Waals surface area contributed by atoms with E-state index in [1.54, 1.807) is 13.8 Å². The molecule has 0 amide bonds. The standard InChI is InChI=1S/C7H13F3O/c1-4(2)5(3)6(11)7(8,9)10/h4-6,11H,1-3H3/t5-,6+/m1/s1. The Bertz CT molecular complexity index is 119. The van der Waals surface area contributed by atoms with Gasteiger partial charge in [-0.05, 0) is 11.8 Å². The van der Waals surface area contributed by atoms with Gasteiger partial charge in [0.2, 0.25) is 0 Å². The minimum atomic E-state index is -4.48. The highest BCUT2D eigenvalue weighted by atomic mass is 19.4. The van der Waals surface area contributed by atoms with Gasteiger partial charge in [-0.2, -0.15) is 13.2 Å². The average Bonchev–Trinajstić information content (AvgIpc) is 1.82. The molecule has 1 N–H and O–H groups in total. The van der Waals surface area contributed by atoms with Crippen LogP contribution in [0.1, 0.15) is 20.8 Å². The molecule has 0 saturated carbocycles. The molecule has 0 heterocycles. The summed E-state index contributed by atoms with van der Waals surface area (Å²) in [5.74, 6) is -0.901. The van der Waals surface area contributed by atoms with Gasteiger partial charge >= 0.3 is 6.18 Å². The lowest BCUT2D eigenvalue weighted by atomic mass is 9.92. The fraction of sp³-hybridized carbons (Fsp3) is 1.00. The Morgan fingerprint density at radius 3 is 1.55 bits per heavy atom. The zero-order chi connectivity index (χ0) is 9.23. The summed E-state index contributed by atoms with van der Waals surface area (Å²) < 4.78 is 35.4. The van der Waals surface area contributed by atoms with E-state index < -0.39 is 18.2 Å². The minimum absolute atomic E-state index is 0.161. The van der Waals surface area contributed by atoms with Crippen LogP contribution in [0.4, 0.5) is 13.2 Å². The zero-order valence-electron chi connectivity index (χ0n) is 6.81. The monoisotopic (exact) mass is 170 g/mol. The van der Waals surface area contributed by atoms with Crippen molar-refractivity contribution in [2.75, 3.05) is 0 Å². The average molecular weight is 170 g/mol.